The molecule has 5 N–H and O–H groups in total. The Morgan fingerprint density at radius 3 is 1.03 bits per heavy atom. The summed E-state index contributed by atoms with van der Waals surface area (Å²) in [6.45, 7) is -0.0379. The van der Waals surface area contributed by atoms with Gasteiger partial charge in [-0.15, -0.1) is 0 Å². The monoisotopic (exact) mass is 886 g/mol. The molecule has 0 rings (SSSR count). The van der Waals surface area contributed by atoms with Crippen LogP contribution in [-0.4, -0.2) is 95.0 Å². The second-order valence-corrected chi connectivity index (χ2v) is 16.0. The number of carbonyl (C=O) groups is 2. The lowest BCUT2D eigenvalue weighted by molar-refractivity contribution is -0.148. The molecule has 0 heterocycles. The van der Waals surface area contributed by atoms with Crippen molar-refractivity contribution in [2.45, 2.75) is 109 Å². The minimum atomic E-state index is -4.80. The standard InChI is InChI=1S/C43H68O15P2/c1-3-5-7-9-11-13-15-17-18-20-22-24-26-28-30-32-43(48)54-34-40(45)36-56-60(51,52)58-38-41(46)37-57-59(49,50)55-35-39(44)33-53-42(47)31-29-27-25-23-21-19-16-14-12-10-8-6-4-2/h5-22,39-41,44-46H,3-4,23-38H2,1-2H3,(H,49,50)(H,51,52)/b7-5+,8-6+,11-9+,12-10+,15-13-,16-14-,18-17-,21-19-,22-20+. The minimum absolute atomic E-state index is 0.140. The number of unbranched alkanes of at least 4 members (excludes halogenated alkanes) is 6. The number of hydrogen-bond donors (Lipinski definition) is 5. The van der Waals surface area contributed by atoms with Crippen LogP contribution in [0.3, 0.4) is 0 Å². The molecule has 0 bridgehead atoms. The summed E-state index contributed by atoms with van der Waals surface area (Å²) in [4.78, 5) is 43.5. The van der Waals surface area contributed by atoms with Gasteiger partial charge in [-0.25, -0.2) is 9.13 Å². The van der Waals surface area contributed by atoms with E-state index < -0.39 is 85.5 Å². The molecule has 0 saturated carbocycles. The number of phosphoric acid groups is 2. The number of rotatable bonds is 37. The van der Waals surface area contributed by atoms with E-state index in [2.05, 4.69) is 44.1 Å². The molecule has 17 heteroatoms. The van der Waals surface area contributed by atoms with E-state index in [4.69, 9.17) is 9.47 Å². The van der Waals surface area contributed by atoms with Crippen LogP contribution in [0.15, 0.2) is 109 Å². The number of hydrogen-bond acceptors (Lipinski definition) is 13. The molecule has 0 aromatic carbocycles. The first-order chi connectivity index (χ1) is 28.8. The molecule has 0 aromatic heterocycles. The lowest BCUT2D eigenvalue weighted by Gasteiger charge is -2.19. The van der Waals surface area contributed by atoms with Crippen LogP contribution in [0.4, 0.5) is 0 Å². The van der Waals surface area contributed by atoms with Gasteiger partial charge in [0, 0.05) is 12.8 Å². The van der Waals surface area contributed by atoms with Gasteiger partial charge < -0.3 is 34.6 Å². The molecule has 0 aliphatic rings. The molecule has 0 spiro atoms. The van der Waals surface area contributed by atoms with Crippen molar-refractivity contribution in [3.63, 3.8) is 0 Å². The third kappa shape index (κ3) is 40.1. The molecule has 0 aliphatic carbocycles. The van der Waals surface area contributed by atoms with Gasteiger partial charge in [0.1, 0.15) is 31.5 Å². The number of carbonyl (C=O) groups excluding carboxylic acids is 2. The molecule has 0 fully saturated rings. The summed E-state index contributed by atoms with van der Waals surface area (Å²) in [6.07, 6.45) is 39.6. The third-order valence-electron chi connectivity index (χ3n) is 7.45. The second-order valence-electron chi connectivity index (χ2n) is 13.1. The molecule has 0 radical (unpaired) electrons. The zero-order chi connectivity index (χ0) is 44.6. The molecule has 0 amide bonds. The maximum absolute atomic E-state index is 12.1. The van der Waals surface area contributed by atoms with Crippen molar-refractivity contribution in [2.24, 2.45) is 0 Å². The number of allylic oxidation sites excluding steroid dienone is 18. The molecule has 15 nitrogen and oxygen atoms in total. The van der Waals surface area contributed by atoms with Crippen molar-refractivity contribution in [3.05, 3.63) is 109 Å². The van der Waals surface area contributed by atoms with Crippen LogP contribution in [0.2, 0.25) is 0 Å². The first kappa shape index (κ1) is 56.7. The SMILES string of the molecule is CC/C=C/C=C/C=C\C=C/C=C/CCCCCC(=O)OCC(O)COP(=O)(O)OCC(O)COP(=O)(O)OCC(O)COC(=O)CCCCC\C=C/C=C\C=C\C=C\CC. The fourth-order valence-electron chi connectivity index (χ4n) is 4.30. The molecule has 0 aliphatic heterocycles. The normalized spacial score (nSPS) is 16.4. The van der Waals surface area contributed by atoms with E-state index in [1.807, 2.05) is 97.2 Å². The van der Waals surface area contributed by atoms with Crippen molar-refractivity contribution < 1.29 is 71.4 Å². The highest BCUT2D eigenvalue weighted by Crippen LogP contribution is 2.45. The van der Waals surface area contributed by atoms with Crippen molar-refractivity contribution in [3.8, 4) is 0 Å². The lowest BCUT2D eigenvalue weighted by atomic mass is 10.1. The number of esters is 2. The summed E-state index contributed by atoms with van der Waals surface area (Å²) in [5, 5.41) is 29.9. The van der Waals surface area contributed by atoms with E-state index in [1.54, 1.807) is 0 Å². The second kappa shape index (κ2) is 38.6. The van der Waals surface area contributed by atoms with Gasteiger partial charge in [0.2, 0.25) is 0 Å². The average Bonchev–Trinajstić information content (AvgIpc) is 3.22. The van der Waals surface area contributed by atoms with E-state index >= 15 is 0 Å². The maximum Gasteiger partial charge on any atom is 0.472 e. The van der Waals surface area contributed by atoms with Crippen LogP contribution in [-0.2, 0) is 46.3 Å². The summed E-state index contributed by atoms with van der Waals surface area (Å²) < 4.78 is 52.7. The van der Waals surface area contributed by atoms with Gasteiger partial charge in [0.15, 0.2) is 0 Å². The third-order valence-corrected chi connectivity index (χ3v) is 9.35. The number of aliphatic hydroxyl groups is 3. The van der Waals surface area contributed by atoms with Gasteiger partial charge in [-0.2, -0.15) is 0 Å². The fraction of sp³-hybridized carbons (Fsp3) is 0.535. The lowest BCUT2D eigenvalue weighted by Crippen LogP contribution is -2.25. The predicted octanol–water partition coefficient (Wildman–Crippen LogP) is 8.15. The van der Waals surface area contributed by atoms with Gasteiger partial charge in [-0.1, -0.05) is 136 Å². The number of ether oxygens (including phenoxy) is 2. The van der Waals surface area contributed by atoms with Crippen LogP contribution >= 0.6 is 15.6 Å². The van der Waals surface area contributed by atoms with E-state index in [-0.39, 0.29) is 12.8 Å². The van der Waals surface area contributed by atoms with E-state index in [1.165, 1.54) is 0 Å². The van der Waals surface area contributed by atoms with Gasteiger partial charge in [0.25, 0.3) is 0 Å². The van der Waals surface area contributed by atoms with E-state index in [0.29, 0.717) is 12.8 Å². The Balaban J connectivity index is 4.06. The molecule has 5 unspecified atom stereocenters. The summed E-state index contributed by atoms with van der Waals surface area (Å²) in [6, 6.07) is 0. The smallest absolute Gasteiger partial charge is 0.463 e. The Morgan fingerprint density at radius 1 is 0.433 bits per heavy atom. The number of aliphatic hydroxyl groups excluding tert-OH is 3. The van der Waals surface area contributed by atoms with Gasteiger partial charge in [0.05, 0.1) is 26.4 Å². The van der Waals surface area contributed by atoms with E-state index in [0.717, 1.165) is 51.4 Å². The highest BCUT2D eigenvalue weighted by molar-refractivity contribution is 7.47. The Hall–Kier alpha value is -3.30. The van der Waals surface area contributed by atoms with Crippen molar-refractivity contribution in [1.82, 2.24) is 0 Å². The van der Waals surface area contributed by atoms with Crippen LogP contribution in [0.5, 0.6) is 0 Å². The first-order valence-electron chi connectivity index (χ1n) is 20.4. The molecular weight excluding hydrogens is 818 g/mol. The molecule has 5 atom stereocenters. The van der Waals surface area contributed by atoms with Crippen molar-refractivity contribution >= 4 is 27.6 Å². The van der Waals surface area contributed by atoms with E-state index in [9.17, 15) is 43.8 Å². The predicted molar refractivity (Wildman–Crippen MR) is 232 cm³/mol. The first-order valence-corrected chi connectivity index (χ1v) is 23.3. The van der Waals surface area contributed by atoms with Crippen molar-refractivity contribution in [2.75, 3.05) is 39.6 Å². The molecule has 0 aromatic rings. The van der Waals surface area contributed by atoms with Crippen LogP contribution in [0.25, 0.3) is 0 Å². The zero-order valence-electron chi connectivity index (χ0n) is 35.1. The van der Waals surface area contributed by atoms with Gasteiger partial charge in [-0.3, -0.25) is 27.7 Å². The Labute approximate surface area is 356 Å². The van der Waals surface area contributed by atoms with Crippen LogP contribution in [0, 0.1) is 0 Å². The molecule has 340 valence electrons. The van der Waals surface area contributed by atoms with Crippen LogP contribution < -0.4 is 0 Å². The summed E-state index contributed by atoms with van der Waals surface area (Å²) in [7, 11) is -9.60. The Bertz CT molecular complexity index is 1500. The van der Waals surface area contributed by atoms with Gasteiger partial charge >= 0.3 is 27.6 Å². The summed E-state index contributed by atoms with van der Waals surface area (Å²) in [5.74, 6) is -1.08. The maximum atomic E-state index is 12.1. The summed E-state index contributed by atoms with van der Waals surface area (Å²) in [5.41, 5.74) is 0. The molecule has 0 saturated heterocycles. The Morgan fingerprint density at radius 2 is 0.717 bits per heavy atom. The van der Waals surface area contributed by atoms with Crippen molar-refractivity contribution in [1.29, 1.82) is 0 Å². The molecular formula is C43H68O15P2. The highest BCUT2D eigenvalue weighted by atomic mass is 31.2. The largest absolute Gasteiger partial charge is 0.472 e. The quantitative estimate of drug-likeness (QED) is 0.0172. The van der Waals surface area contributed by atoms with Gasteiger partial charge in [-0.05, 0) is 51.4 Å². The highest BCUT2D eigenvalue weighted by Gasteiger charge is 2.28. The molecule has 60 heavy (non-hydrogen) atoms. The average molecular weight is 887 g/mol. The van der Waals surface area contributed by atoms with Crippen LogP contribution in [0.1, 0.15) is 90.9 Å². The number of phosphoric ester groups is 2. The topological polar surface area (TPSA) is 225 Å². The summed E-state index contributed by atoms with van der Waals surface area (Å²) >= 11 is 0. The Kier molecular flexibility index (Phi) is 36.5. The fourth-order valence-corrected chi connectivity index (χ4v) is 5.89. The minimum Gasteiger partial charge on any atom is -0.463 e. The zero-order valence-corrected chi connectivity index (χ0v) is 36.9.